The highest BCUT2D eigenvalue weighted by Crippen LogP contribution is 2.24. The molecule has 3 aromatic rings. The van der Waals surface area contributed by atoms with E-state index in [-0.39, 0.29) is 5.63 Å². The molecule has 3 heteroatoms. The topological polar surface area (TPSA) is 39.4 Å². The lowest BCUT2D eigenvalue weighted by atomic mass is 10.0. The minimum Gasteiger partial charge on any atom is -0.497 e. The molecule has 0 aliphatic carbocycles. The molecular formula is C17H14O3. The van der Waals surface area contributed by atoms with Gasteiger partial charge in [0.25, 0.3) is 0 Å². The van der Waals surface area contributed by atoms with Gasteiger partial charge in [-0.3, -0.25) is 0 Å². The van der Waals surface area contributed by atoms with Crippen LogP contribution < -0.4 is 10.4 Å². The van der Waals surface area contributed by atoms with Crippen LogP contribution in [-0.4, -0.2) is 7.11 Å². The minimum absolute atomic E-state index is 0.327. The molecule has 0 N–H and O–H groups in total. The Hall–Kier alpha value is -2.55. The second-order valence-electron chi connectivity index (χ2n) is 4.72. The molecule has 0 saturated carbocycles. The van der Waals surface area contributed by atoms with Crippen LogP contribution in [0.4, 0.5) is 0 Å². The smallest absolute Gasteiger partial charge is 0.344 e. The maximum Gasteiger partial charge on any atom is 0.344 e. The molecule has 3 nitrogen and oxygen atoms in total. The third-order valence-electron chi connectivity index (χ3n) is 3.30. The number of hydrogen-bond donors (Lipinski definition) is 0. The summed E-state index contributed by atoms with van der Waals surface area (Å²) < 4.78 is 10.6. The van der Waals surface area contributed by atoms with Gasteiger partial charge in [0.1, 0.15) is 11.3 Å². The summed E-state index contributed by atoms with van der Waals surface area (Å²) in [7, 11) is 1.61. The van der Waals surface area contributed by atoms with Gasteiger partial charge in [0.2, 0.25) is 0 Å². The average Bonchev–Trinajstić information content (AvgIpc) is 2.47. The second-order valence-corrected chi connectivity index (χ2v) is 4.72. The lowest BCUT2D eigenvalue weighted by Crippen LogP contribution is -2.02. The van der Waals surface area contributed by atoms with Gasteiger partial charge in [-0.15, -0.1) is 0 Å². The zero-order valence-corrected chi connectivity index (χ0v) is 11.3. The van der Waals surface area contributed by atoms with E-state index in [1.54, 1.807) is 19.2 Å². The number of benzene rings is 2. The fourth-order valence-electron chi connectivity index (χ4n) is 2.16. The van der Waals surface area contributed by atoms with Crippen LogP contribution in [0.1, 0.15) is 5.56 Å². The van der Waals surface area contributed by atoms with Crippen molar-refractivity contribution in [3.8, 4) is 16.9 Å². The molecular weight excluding hydrogens is 252 g/mol. The summed E-state index contributed by atoms with van der Waals surface area (Å²) in [5, 5.41) is 0.847. The Kier molecular flexibility index (Phi) is 3.03. The summed E-state index contributed by atoms with van der Waals surface area (Å²) in [5.41, 5.74) is 2.80. The van der Waals surface area contributed by atoms with Gasteiger partial charge < -0.3 is 9.15 Å². The van der Waals surface area contributed by atoms with Gasteiger partial charge in [-0.05, 0) is 36.8 Å². The van der Waals surface area contributed by atoms with Gasteiger partial charge in [0.15, 0.2) is 0 Å². The Labute approximate surface area is 116 Å². The molecule has 0 amide bonds. The summed E-state index contributed by atoms with van der Waals surface area (Å²) in [4.78, 5) is 12.1. The Morgan fingerprint density at radius 2 is 1.75 bits per heavy atom. The largest absolute Gasteiger partial charge is 0.497 e. The number of aryl methyl sites for hydroxylation is 1. The summed E-state index contributed by atoms with van der Waals surface area (Å²) in [6, 6.07) is 15.0. The molecule has 100 valence electrons. The quantitative estimate of drug-likeness (QED) is 0.663. The highest BCUT2D eigenvalue weighted by Gasteiger charge is 2.08. The molecule has 1 aromatic heterocycles. The fourth-order valence-corrected chi connectivity index (χ4v) is 2.16. The molecule has 1 heterocycles. The molecule has 2 aromatic carbocycles. The number of methoxy groups -OCH3 is 1. The minimum atomic E-state index is -0.327. The van der Waals surface area contributed by atoms with Crippen LogP contribution in [-0.2, 0) is 0 Å². The van der Waals surface area contributed by atoms with Crippen molar-refractivity contribution in [2.24, 2.45) is 0 Å². The highest BCUT2D eigenvalue weighted by atomic mass is 16.5. The van der Waals surface area contributed by atoms with Gasteiger partial charge in [-0.25, -0.2) is 4.79 Å². The predicted octanol–water partition coefficient (Wildman–Crippen LogP) is 3.78. The van der Waals surface area contributed by atoms with Crippen LogP contribution in [0.2, 0.25) is 0 Å². The monoisotopic (exact) mass is 266 g/mol. The maximum atomic E-state index is 12.1. The molecule has 0 radical (unpaired) electrons. The Morgan fingerprint density at radius 1 is 1.00 bits per heavy atom. The number of hydrogen-bond acceptors (Lipinski definition) is 3. The van der Waals surface area contributed by atoms with Crippen molar-refractivity contribution in [1.82, 2.24) is 0 Å². The van der Waals surface area contributed by atoms with E-state index in [1.165, 1.54) is 0 Å². The normalized spacial score (nSPS) is 10.7. The van der Waals surface area contributed by atoms with E-state index in [2.05, 4.69) is 0 Å². The van der Waals surface area contributed by atoms with Crippen molar-refractivity contribution >= 4 is 11.0 Å². The molecule has 3 rings (SSSR count). The predicted molar refractivity (Wildman–Crippen MR) is 79.2 cm³/mol. The average molecular weight is 266 g/mol. The standard InChI is InChI=1S/C17H14O3/c1-11-3-5-12(6-4-11)15-10-13-9-14(19-2)7-8-16(13)20-17(15)18/h3-10H,1-2H3. The van der Waals surface area contributed by atoms with Gasteiger partial charge in [0.05, 0.1) is 12.7 Å². The summed E-state index contributed by atoms with van der Waals surface area (Å²) in [5.74, 6) is 0.737. The lowest BCUT2D eigenvalue weighted by molar-refractivity contribution is 0.415. The third-order valence-corrected chi connectivity index (χ3v) is 3.30. The summed E-state index contributed by atoms with van der Waals surface area (Å²) >= 11 is 0. The van der Waals surface area contributed by atoms with Gasteiger partial charge in [0, 0.05) is 5.39 Å². The first kappa shape index (κ1) is 12.5. The van der Waals surface area contributed by atoms with Crippen molar-refractivity contribution in [1.29, 1.82) is 0 Å². The Bertz CT molecular complexity index is 814. The van der Waals surface area contributed by atoms with Crippen LogP contribution in [0.3, 0.4) is 0 Å². The van der Waals surface area contributed by atoms with Crippen molar-refractivity contribution < 1.29 is 9.15 Å². The molecule has 0 atom stereocenters. The van der Waals surface area contributed by atoms with Gasteiger partial charge >= 0.3 is 5.63 Å². The van der Waals surface area contributed by atoms with Crippen molar-refractivity contribution in [3.63, 3.8) is 0 Å². The molecule has 0 fully saturated rings. The van der Waals surface area contributed by atoms with E-state index in [4.69, 9.17) is 9.15 Å². The first-order valence-corrected chi connectivity index (χ1v) is 6.36. The van der Waals surface area contributed by atoms with E-state index in [1.807, 2.05) is 43.3 Å². The molecule has 20 heavy (non-hydrogen) atoms. The molecule has 0 bridgehead atoms. The zero-order valence-electron chi connectivity index (χ0n) is 11.3. The number of ether oxygens (including phenoxy) is 1. The molecule has 0 unspecified atom stereocenters. The van der Waals surface area contributed by atoms with Gasteiger partial charge in [-0.1, -0.05) is 29.8 Å². The van der Waals surface area contributed by atoms with Crippen molar-refractivity contribution in [3.05, 3.63) is 64.5 Å². The van der Waals surface area contributed by atoms with E-state index < -0.39 is 0 Å². The summed E-state index contributed by atoms with van der Waals surface area (Å²) in [6.45, 7) is 2.01. The molecule has 0 saturated heterocycles. The molecule has 0 spiro atoms. The van der Waals surface area contributed by atoms with Crippen LogP contribution >= 0.6 is 0 Å². The Morgan fingerprint density at radius 3 is 2.45 bits per heavy atom. The highest BCUT2D eigenvalue weighted by molar-refractivity contribution is 5.82. The lowest BCUT2D eigenvalue weighted by Gasteiger charge is -2.05. The maximum absolute atomic E-state index is 12.1. The van der Waals surface area contributed by atoms with Crippen LogP contribution in [0, 0.1) is 6.92 Å². The van der Waals surface area contributed by atoms with E-state index in [0.717, 1.165) is 22.3 Å². The fraction of sp³-hybridized carbons (Fsp3) is 0.118. The van der Waals surface area contributed by atoms with E-state index in [0.29, 0.717) is 11.1 Å². The van der Waals surface area contributed by atoms with Crippen LogP contribution in [0.25, 0.3) is 22.1 Å². The number of fused-ring (bicyclic) bond motifs is 1. The number of rotatable bonds is 2. The van der Waals surface area contributed by atoms with E-state index >= 15 is 0 Å². The SMILES string of the molecule is COc1ccc2oc(=O)c(-c3ccc(C)cc3)cc2c1. The first-order chi connectivity index (χ1) is 9.67. The molecule has 0 aliphatic rings. The summed E-state index contributed by atoms with van der Waals surface area (Å²) in [6.07, 6.45) is 0. The van der Waals surface area contributed by atoms with Crippen molar-refractivity contribution in [2.45, 2.75) is 6.92 Å². The zero-order chi connectivity index (χ0) is 14.1. The Balaban J connectivity index is 2.22. The van der Waals surface area contributed by atoms with E-state index in [9.17, 15) is 4.79 Å². The van der Waals surface area contributed by atoms with Crippen molar-refractivity contribution in [2.75, 3.05) is 7.11 Å². The van der Waals surface area contributed by atoms with Gasteiger partial charge in [-0.2, -0.15) is 0 Å². The van der Waals surface area contributed by atoms with Crippen LogP contribution in [0.15, 0.2) is 57.7 Å². The molecule has 0 aliphatic heterocycles. The van der Waals surface area contributed by atoms with Crippen LogP contribution in [0.5, 0.6) is 5.75 Å². The third kappa shape index (κ3) is 2.18. The second kappa shape index (κ2) is 4.85. The first-order valence-electron chi connectivity index (χ1n) is 6.36.